The molecule has 26 heavy (non-hydrogen) atoms. The van der Waals surface area contributed by atoms with Gasteiger partial charge in [0.05, 0.1) is 21.9 Å². The van der Waals surface area contributed by atoms with E-state index in [-0.39, 0.29) is 0 Å². The lowest BCUT2D eigenvalue weighted by Crippen LogP contribution is -2.33. The van der Waals surface area contributed by atoms with Crippen molar-refractivity contribution in [3.05, 3.63) is 41.7 Å². The van der Waals surface area contributed by atoms with Crippen molar-refractivity contribution in [2.75, 3.05) is 30.7 Å². The van der Waals surface area contributed by atoms with Crippen LogP contribution < -0.4 is 16.4 Å². The van der Waals surface area contributed by atoms with E-state index >= 15 is 0 Å². The fourth-order valence-electron chi connectivity index (χ4n) is 3.27. The van der Waals surface area contributed by atoms with Gasteiger partial charge in [0.1, 0.15) is 5.52 Å². The van der Waals surface area contributed by atoms with Gasteiger partial charge < -0.3 is 16.4 Å². The highest BCUT2D eigenvalue weighted by molar-refractivity contribution is 6.33. The fourth-order valence-corrected chi connectivity index (χ4v) is 3.45. The molecular weight excluding hydrogens is 348 g/mol. The van der Waals surface area contributed by atoms with E-state index in [0.717, 1.165) is 47.7 Å². The zero-order valence-corrected chi connectivity index (χ0v) is 15.1. The quantitative estimate of drug-likeness (QED) is 0.612. The van der Waals surface area contributed by atoms with E-state index in [2.05, 4.69) is 20.6 Å². The summed E-state index contributed by atoms with van der Waals surface area (Å²) in [7, 11) is 0. The molecule has 0 saturated carbocycles. The molecule has 6 nitrogen and oxygen atoms in total. The van der Waals surface area contributed by atoms with Crippen LogP contribution >= 0.6 is 11.6 Å². The highest BCUT2D eigenvalue weighted by atomic mass is 35.5. The van der Waals surface area contributed by atoms with Crippen LogP contribution in [0.3, 0.4) is 0 Å². The van der Waals surface area contributed by atoms with Gasteiger partial charge in [0.15, 0.2) is 5.82 Å². The summed E-state index contributed by atoms with van der Waals surface area (Å²) in [5.41, 5.74) is 9.66. The van der Waals surface area contributed by atoms with Gasteiger partial charge in [-0.05, 0) is 50.0 Å². The number of benzene rings is 1. The first kappa shape index (κ1) is 17.0. The van der Waals surface area contributed by atoms with Crippen molar-refractivity contribution >= 4 is 34.1 Å². The van der Waals surface area contributed by atoms with Gasteiger partial charge in [-0.25, -0.2) is 9.97 Å². The maximum Gasteiger partial charge on any atom is 0.154 e. The number of nitrogen functional groups attached to an aromatic ring is 1. The monoisotopic (exact) mass is 368 g/mol. The Morgan fingerprint density at radius 1 is 1.23 bits per heavy atom. The van der Waals surface area contributed by atoms with E-state index in [0.29, 0.717) is 16.6 Å². The molecule has 3 heterocycles. The lowest BCUT2D eigenvalue weighted by Gasteiger charge is -2.23. The molecule has 3 aromatic rings. The van der Waals surface area contributed by atoms with Gasteiger partial charge in [-0.3, -0.25) is 4.98 Å². The van der Waals surface area contributed by atoms with Gasteiger partial charge in [-0.1, -0.05) is 17.7 Å². The second kappa shape index (κ2) is 7.43. The number of hydrogen-bond acceptors (Lipinski definition) is 6. The molecule has 1 aromatic carbocycles. The Labute approximate surface area is 157 Å². The van der Waals surface area contributed by atoms with E-state index in [1.165, 1.54) is 12.8 Å². The van der Waals surface area contributed by atoms with Gasteiger partial charge >= 0.3 is 0 Å². The number of piperidine rings is 1. The predicted molar refractivity (Wildman–Crippen MR) is 106 cm³/mol. The summed E-state index contributed by atoms with van der Waals surface area (Å²) in [5.74, 6) is 1.34. The number of anilines is 2. The molecule has 2 aromatic heterocycles. The molecule has 0 radical (unpaired) electrons. The van der Waals surface area contributed by atoms with Gasteiger partial charge in [0.25, 0.3) is 0 Å². The lowest BCUT2D eigenvalue weighted by molar-refractivity contribution is 0.392. The SMILES string of the molecule is Nc1ccc(-c2cc3nccnc3c(NC[C@@H]3CCCNC3)n2)cc1Cl. The van der Waals surface area contributed by atoms with Crippen molar-refractivity contribution in [2.24, 2.45) is 5.92 Å². The minimum Gasteiger partial charge on any atom is -0.398 e. The van der Waals surface area contributed by atoms with Crippen molar-refractivity contribution < 1.29 is 0 Å². The Bertz CT molecular complexity index is 923. The van der Waals surface area contributed by atoms with Crippen LogP contribution in [-0.4, -0.2) is 34.6 Å². The third-order valence-corrected chi connectivity index (χ3v) is 5.04. The number of fused-ring (bicyclic) bond motifs is 1. The molecule has 1 aliphatic heterocycles. The van der Waals surface area contributed by atoms with Crippen LogP contribution in [0.25, 0.3) is 22.3 Å². The zero-order chi connectivity index (χ0) is 17.9. The average Bonchev–Trinajstić information content (AvgIpc) is 2.69. The van der Waals surface area contributed by atoms with E-state index in [4.69, 9.17) is 22.3 Å². The molecule has 0 unspecified atom stereocenters. The average molecular weight is 369 g/mol. The molecule has 134 valence electrons. The van der Waals surface area contributed by atoms with Crippen molar-refractivity contribution in [3.63, 3.8) is 0 Å². The van der Waals surface area contributed by atoms with E-state index in [1.54, 1.807) is 18.5 Å². The largest absolute Gasteiger partial charge is 0.398 e. The van der Waals surface area contributed by atoms with Gasteiger partial charge in [-0.15, -0.1) is 0 Å². The van der Waals surface area contributed by atoms with Crippen molar-refractivity contribution in [1.29, 1.82) is 0 Å². The smallest absolute Gasteiger partial charge is 0.154 e. The molecule has 1 fully saturated rings. The van der Waals surface area contributed by atoms with Crippen molar-refractivity contribution in [1.82, 2.24) is 20.3 Å². The number of nitrogens with zero attached hydrogens (tertiary/aromatic N) is 3. The van der Waals surface area contributed by atoms with E-state index in [9.17, 15) is 0 Å². The summed E-state index contributed by atoms with van der Waals surface area (Å²) in [5, 5.41) is 7.44. The fraction of sp³-hybridized carbons (Fsp3) is 0.316. The summed E-state index contributed by atoms with van der Waals surface area (Å²) < 4.78 is 0. The van der Waals surface area contributed by atoms with E-state index < -0.39 is 0 Å². The number of rotatable bonds is 4. The normalized spacial score (nSPS) is 17.3. The first-order valence-electron chi connectivity index (χ1n) is 8.82. The van der Waals surface area contributed by atoms with Gasteiger partial charge in [0.2, 0.25) is 0 Å². The Morgan fingerprint density at radius 3 is 2.92 bits per heavy atom. The summed E-state index contributed by atoms with van der Waals surface area (Å²) in [6.07, 6.45) is 5.81. The van der Waals surface area contributed by atoms with Crippen LogP contribution in [0, 0.1) is 5.92 Å². The third kappa shape index (κ3) is 3.57. The van der Waals surface area contributed by atoms with Gasteiger partial charge in [0, 0.05) is 24.5 Å². The molecule has 1 saturated heterocycles. The second-order valence-corrected chi connectivity index (χ2v) is 7.02. The number of hydrogen-bond donors (Lipinski definition) is 3. The Balaban J connectivity index is 1.69. The molecule has 0 spiro atoms. The van der Waals surface area contributed by atoms with Crippen molar-refractivity contribution in [2.45, 2.75) is 12.8 Å². The third-order valence-electron chi connectivity index (χ3n) is 4.71. The molecule has 0 amide bonds. The molecule has 4 N–H and O–H groups in total. The highest BCUT2D eigenvalue weighted by Crippen LogP contribution is 2.29. The van der Waals surface area contributed by atoms with Crippen LogP contribution in [-0.2, 0) is 0 Å². The zero-order valence-electron chi connectivity index (χ0n) is 14.4. The van der Waals surface area contributed by atoms with Crippen LogP contribution in [0.15, 0.2) is 36.7 Å². The first-order chi connectivity index (χ1) is 12.7. The van der Waals surface area contributed by atoms with Crippen LogP contribution in [0.1, 0.15) is 12.8 Å². The Kier molecular flexibility index (Phi) is 4.86. The number of aromatic nitrogens is 3. The lowest BCUT2D eigenvalue weighted by atomic mass is 10.00. The summed E-state index contributed by atoms with van der Waals surface area (Å²) in [6, 6.07) is 7.47. The first-order valence-corrected chi connectivity index (χ1v) is 9.20. The molecule has 4 rings (SSSR count). The maximum absolute atomic E-state index is 6.18. The molecule has 0 aliphatic carbocycles. The van der Waals surface area contributed by atoms with Gasteiger partial charge in [-0.2, -0.15) is 0 Å². The molecule has 1 atom stereocenters. The standard InChI is InChI=1S/C19H21ClN6/c20-14-8-13(3-4-15(14)21)16-9-17-18(24-7-6-23-17)19(26-16)25-11-12-2-1-5-22-10-12/h3-4,6-9,12,22H,1-2,5,10-11,21H2,(H,25,26)/t12-/m1/s1. The Hall–Kier alpha value is -2.44. The van der Waals surface area contributed by atoms with Crippen LogP contribution in [0.4, 0.5) is 11.5 Å². The topological polar surface area (TPSA) is 88.8 Å². The second-order valence-electron chi connectivity index (χ2n) is 6.61. The molecule has 7 heteroatoms. The maximum atomic E-state index is 6.18. The minimum atomic E-state index is 0.520. The number of pyridine rings is 1. The summed E-state index contributed by atoms with van der Waals surface area (Å²) >= 11 is 6.18. The van der Waals surface area contributed by atoms with Crippen LogP contribution in [0.5, 0.6) is 0 Å². The Morgan fingerprint density at radius 2 is 2.12 bits per heavy atom. The highest BCUT2D eigenvalue weighted by Gasteiger charge is 2.15. The number of halogens is 1. The minimum absolute atomic E-state index is 0.520. The van der Waals surface area contributed by atoms with Crippen molar-refractivity contribution in [3.8, 4) is 11.3 Å². The molecular formula is C19H21ClN6. The number of nitrogens with two attached hydrogens (primary N) is 1. The molecule has 0 bridgehead atoms. The summed E-state index contributed by atoms with van der Waals surface area (Å²) in [6.45, 7) is 3.00. The molecule has 1 aliphatic rings. The van der Waals surface area contributed by atoms with E-state index in [1.807, 2.05) is 18.2 Å². The summed E-state index contributed by atoms with van der Waals surface area (Å²) in [4.78, 5) is 13.7. The predicted octanol–water partition coefficient (Wildman–Crippen LogP) is 3.34. The van der Waals surface area contributed by atoms with Crippen LogP contribution in [0.2, 0.25) is 5.02 Å². The number of nitrogens with one attached hydrogen (secondary N) is 2.